The molecule has 8 heteroatoms. The van der Waals surface area contributed by atoms with Crippen molar-refractivity contribution >= 4 is 17.6 Å². The molecule has 0 saturated carbocycles. The highest BCUT2D eigenvalue weighted by Gasteiger charge is 2.13. The van der Waals surface area contributed by atoms with Gasteiger partial charge in [-0.05, 0) is 36.2 Å². The first kappa shape index (κ1) is 16.0. The Hall–Kier alpha value is -2.41. The summed E-state index contributed by atoms with van der Waals surface area (Å²) in [5.74, 6) is -0.380. The third kappa shape index (κ3) is 3.82. The van der Waals surface area contributed by atoms with Crippen molar-refractivity contribution < 1.29 is 19.4 Å². The summed E-state index contributed by atoms with van der Waals surface area (Å²) in [7, 11) is 1.25. The van der Waals surface area contributed by atoms with Crippen LogP contribution in [-0.2, 0) is 11.2 Å². The number of aromatic hydroxyl groups is 1. The molecule has 0 aliphatic carbocycles. The van der Waals surface area contributed by atoms with Crippen LogP contribution in [0.1, 0.15) is 28.7 Å². The smallest absolute Gasteiger partial charge is 0.341 e. The number of methoxy groups -OCH3 is 1. The molecule has 22 heavy (non-hydrogen) atoms. The van der Waals surface area contributed by atoms with Crippen LogP contribution < -0.4 is 4.74 Å². The molecule has 116 valence electrons. The zero-order chi connectivity index (χ0) is 16.1. The summed E-state index contributed by atoms with van der Waals surface area (Å²) >= 11 is 5.82. The summed E-state index contributed by atoms with van der Waals surface area (Å²) in [5, 5.41) is 9.89. The molecule has 0 aliphatic rings. The van der Waals surface area contributed by atoms with Crippen LogP contribution in [0.4, 0.5) is 0 Å². The van der Waals surface area contributed by atoms with Gasteiger partial charge in [0.15, 0.2) is 0 Å². The van der Waals surface area contributed by atoms with E-state index in [9.17, 15) is 9.90 Å². The quantitative estimate of drug-likeness (QED) is 0.841. The minimum atomic E-state index is -0.606. The van der Waals surface area contributed by atoms with Crippen molar-refractivity contribution in [3.8, 4) is 11.8 Å². The zero-order valence-corrected chi connectivity index (χ0v) is 12.8. The Kier molecular flexibility index (Phi) is 5.11. The number of rotatable bonds is 5. The largest absolute Gasteiger partial charge is 0.507 e. The molecule has 1 aromatic carbocycles. The van der Waals surface area contributed by atoms with E-state index in [4.69, 9.17) is 16.3 Å². The lowest BCUT2D eigenvalue weighted by atomic mass is 10.1. The zero-order valence-electron chi connectivity index (χ0n) is 12.0. The average Bonchev–Trinajstić information content (AvgIpc) is 2.46. The van der Waals surface area contributed by atoms with Crippen molar-refractivity contribution in [3.05, 3.63) is 40.4 Å². The Balaban J connectivity index is 2.24. The fourth-order valence-electron chi connectivity index (χ4n) is 1.80. The minimum absolute atomic E-state index is 0.0313. The second-order valence-electron chi connectivity index (χ2n) is 4.26. The molecule has 0 saturated heterocycles. The van der Waals surface area contributed by atoms with Gasteiger partial charge in [0.05, 0.1) is 13.7 Å². The van der Waals surface area contributed by atoms with Crippen molar-refractivity contribution in [2.45, 2.75) is 13.3 Å². The van der Waals surface area contributed by atoms with Crippen LogP contribution in [0.2, 0.25) is 5.28 Å². The van der Waals surface area contributed by atoms with E-state index in [1.165, 1.54) is 19.2 Å². The van der Waals surface area contributed by atoms with Gasteiger partial charge < -0.3 is 14.6 Å². The summed E-state index contributed by atoms with van der Waals surface area (Å²) in [6.45, 7) is 2.22. The number of nitrogens with zero attached hydrogens (tertiary/aromatic N) is 3. The number of benzene rings is 1. The van der Waals surface area contributed by atoms with Crippen LogP contribution in [-0.4, -0.2) is 39.7 Å². The molecule has 2 aromatic rings. The topological polar surface area (TPSA) is 94.4 Å². The maximum absolute atomic E-state index is 11.4. The van der Waals surface area contributed by atoms with Crippen molar-refractivity contribution in [1.82, 2.24) is 15.0 Å². The summed E-state index contributed by atoms with van der Waals surface area (Å²) in [5.41, 5.74) is 0.796. The number of carbonyl (C=O) groups is 1. The van der Waals surface area contributed by atoms with E-state index < -0.39 is 5.97 Å². The number of esters is 1. The van der Waals surface area contributed by atoms with Crippen LogP contribution in [0.5, 0.6) is 11.8 Å². The number of carbonyl (C=O) groups excluding carboxylic acids is 1. The molecular weight excluding hydrogens is 310 g/mol. The van der Waals surface area contributed by atoms with E-state index in [2.05, 4.69) is 19.7 Å². The van der Waals surface area contributed by atoms with Gasteiger partial charge in [-0.15, -0.1) is 0 Å². The normalized spacial score (nSPS) is 10.3. The van der Waals surface area contributed by atoms with E-state index in [-0.39, 0.29) is 22.6 Å². The van der Waals surface area contributed by atoms with Crippen molar-refractivity contribution in [3.63, 3.8) is 0 Å². The molecule has 0 spiro atoms. The van der Waals surface area contributed by atoms with Gasteiger partial charge in [-0.2, -0.15) is 9.97 Å². The molecule has 0 bridgehead atoms. The predicted molar refractivity (Wildman–Crippen MR) is 78.3 cm³/mol. The molecule has 7 nitrogen and oxygen atoms in total. The number of hydrogen-bond acceptors (Lipinski definition) is 7. The first-order valence-corrected chi connectivity index (χ1v) is 6.84. The molecule has 0 atom stereocenters. The number of aromatic nitrogens is 3. The highest BCUT2D eigenvalue weighted by molar-refractivity contribution is 6.28. The van der Waals surface area contributed by atoms with Gasteiger partial charge >= 0.3 is 12.0 Å². The van der Waals surface area contributed by atoms with Crippen LogP contribution in [0.25, 0.3) is 0 Å². The standard InChI is InChI=1S/C14H14ClN3O4/c1-3-22-14-17-11(16-13(15)18-14)7-8-4-5-9(10(19)6-8)12(20)21-2/h4-6,19H,3,7H2,1-2H3. The molecule has 1 N–H and O–H groups in total. The molecule has 2 rings (SSSR count). The molecule has 1 aromatic heterocycles. The molecular formula is C14H14ClN3O4. The fourth-order valence-corrected chi connectivity index (χ4v) is 1.97. The Morgan fingerprint density at radius 1 is 1.32 bits per heavy atom. The molecule has 1 heterocycles. The van der Waals surface area contributed by atoms with E-state index in [1.54, 1.807) is 13.0 Å². The molecule has 0 aliphatic heterocycles. The minimum Gasteiger partial charge on any atom is -0.507 e. The predicted octanol–water partition coefficient (Wildman–Crippen LogP) is 2.01. The molecule has 0 radical (unpaired) electrons. The number of phenolic OH excluding ortho intramolecular Hbond substituents is 1. The highest BCUT2D eigenvalue weighted by Crippen LogP contribution is 2.21. The molecule has 0 amide bonds. The van der Waals surface area contributed by atoms with E-state index in [0.29, 0.717) is 24.4 Å². The van der Waals surface area contributed by atoms with Crippen LogP contribution in [0.15, 0.2) is 18.2 Å². The first-order chi connectivity index (χ1) is 10.5. The van der Waals surface area contributed by atoms with Gasteiger partial charge in [0, 0.05) is 6.42 Å². The number of phenols is 1. The van der Waals surface area contributed by atoms with Gasteiger partial charge in [0.2, 0.25) is 5.28 Å². The van der Waals surface area contributed by atoms with Gasteiger partial charge in [0.25, 0.3) is 0 Å². The number of ether oxygens (including phenoxy) is 2. The second kappa shape index (κ2) is 7.04. The van der Waals surface area contributed by atoms with E-state index >= 15 is 0 Å². The van der Waals surface area contributed by atoms with Crippen LogP contribution in [0, 0.1) is 0 Å². The summed E-state index contributed by atoms with van der Waals surface area (Å²) < 4.78 is 9.76. The SMILES string of the molecule is CCOc1nc(Cl)nc(Cc2ccc(C(=O)OC)c(O)c2)n1. The molecule has 0 fully saturated rings. The lowest BCUT2D eigenvalue weighted by Crippen LogP contribution is -2.05. The lowest BCUT2D eigenvalue weighted by Gasteiger charge is -2.07. The second-order valence-corrected chi connectivity index (χ2v) is 4.59. The van der Waals surface area contributed by atoms with E-state index in [0.717, 1.165) is 0 Å². The maximum atomic E-state index is 11.4. The van der Waals surface area contributed by atoms with Crippen molar-refractivity contribution in [1.29, 1.82) is 0 Å². The average molecular weight is 324 g/mol. The van der Waals surface area contributed by atoms with Crippen molar-refractivity contribution in [2.75, 3.05) is 13.7 Å². The monoisotopic (exact) mass is 323 g/mol. The Morgan fingerprint density at radius 2 is 2.09 bits per heavy atom. The first-order valence-electron chi connectivity index (χ1n) is 6.47. The lowest BCUT2D eigenvalue weighted by molar-refractivity contribution is 0.0597. The highest BCUT2D eigenvalue weighted by atomic mass is 35.5. The van der Waals surface area contributed by atoms with Gasteiger partial charge in [0.1, 0.15) is 17.1 Å². The van der Waals surface area contributed by atoms with Crippen LogP contribution >= 0.6 is 11.6 Å². The number of halogens is 1. The molecule has 0 unspecified atom stereocenters. The van der Waals surface area contributed by atoms with Crippen LogP contribution in [0.3, 0.4) is 0 Å². The Labute approximate surface area is 131 Å². The maximum Gasteiger partial charge on any atom is 0.341 e. The summed E-state index contributed by atoms with van der Waals surface area (Å²) in [6, 6.07) is 4.74. The third-order valence-corrected chi connectivity index (χ3v) is 2.91. The third-order valence-electron chi connectivity index (χ3n) is 2.74. The fraction of sp³-hybridized carbons (Fsp3) is 0.286. The van der Waals surface area contributed by atoms with Crippen molar-refractivity contribution in [2.24, 2.45) is 0 Å². The Morgan fingerprint density at radius 3 is 2.73 bits per heavy atom. The van der Waals surface area contributed by atoms with Gasteiger partial charge in [-0.1, -0.05) is 6.07 Å². The van der Waals surface area contributed by atoms with E-state index in [1.807, 2.05) is 0 Å². The summed E-state index contributed by atoms with van der Waals surface area (Å²) in [6.07, 6.45) is 0.303. The van der Waals surface area contributed by atoms with Gasteiger partial charge in [-0.3, -0.25) is 0 Å². The van der Waals surface area contributed by atoms with Gasteiger partial charge in [-0.25, -0.2) is 9.78 Å². The number of hydrogen-bond donors (Lipinski definition) is 1. The summed E-state index contributed by atoms with van der Waals surface area (Å²) in [4.78, 5) is 23.4. The Bertz CT molecular complexity index is 694.